The van der Waals surface area contributed by atoms with Crippen LogP contribution in [0.25, 0.3) is 0 Å². The van der Waals surface area contributed by atoms with Gasteiger partial charge in [0.05, 0.1) is 12.8 Å². The van der Waals surface area contributed by atoms with Crippen LogP contribution in [0.2, 0.25) is 0 Å². The molecule has 0 bridgehead atoms. The minimum absolute atomic E-state index is 0.0549. The molecule has 1 aliphatic carbocycles. The van der Waals surface area contributed by atoms with Crippen LogP contribution < -0.4 is 0 Å². The van der Waals surface area contributed by atoms with Gasteiger partial charge in [0.2, 0.25) is 0 Å². The second-order valence-electron chi connectivity index (χ2n) is 8.40. The van der Waals surface area contributed by atoms with Crippen molar-refractivity contribution in [2.75, 3.05) is 25.5 Å². The molecule has 0 aromatic heterocycles. The molecule has 160 valence electrons. The van der Waals surface area contributed by atoms with E-state index in [9.17, 15) is 14.3 Å². The monoisotopic (exact) mass is 427 g/mol. The summed E-state index contributed by atoms with van der Waals surface area (Å²) in [5.41, 5.74) is 3.38. The molecule has 0 saturated carbocycles. The summed E-state index contributed by atoms with van der Waals surface area (Å²) >= 11 is 1.63. The standard InChI is InChI=1S/C25H30FNO2S/c26-12-3-15-30-22-8-6-18(7-9-22)25(29)19-10-13-27(14-11-19)23-16-20-4-1-2-5-21(20)17-24(23)28/h1-2,4-9,19,23-24,28H,3,10-17H2/t23?,24-/m1/s1. The van der Waals surface area contributed by atoms with Crippen LogP contribution >= 0.6 is 11.8 Å². The van der Waals surface area contributed by atoms with E-state index in [1.165, 1.54) is 11.1 Å². The van der Waals surface area contributed by atoms with E-state index in [4.69, 9.17) is 0 Å². The molecule has 1 saturated heterocycles. The number of benzene rings is 2. The molecule has 5 heteroatoms. The van der Waals surface area contributed by atoms with Crippen LogP contribution in [-0.2, 0) is 12.8 Å². The first-order chi connectivity index (χ1) is 14.7. The summed E-state index contributed by atoms with van der Waals surface area (Å²) in [4.78, 5) is 16.4. The number of likely N-dealkylation sites (tertiary alicyclic amines) is 1. The van der Waals surface area contributed by atoms with E-state index < -0.39 is 0 Å². The van der Waals surface area contributed by atoms with Crippen molar-refractivity contribution >= 4 is 17.5 Å². The van der Waals surface area contributed by atoms with Crippen LogP contribution in [0.4, 0.5) is 4.39 Å². The first kappa shape index (κ1) is 21.5. The van der Waals surface area contributed by atoms with Crippen LogP contribution in [0.1, 0.15) is 40.7 Å². The predicted octanol–water partition coefficient (Wildman–Crippen LogP) is 4.56. The lowest BCUT2D eigenvalue weighted by molar-refractivity contribution is 0.0239. The molecule has 3 nitrogen and oxygen atoms in total. The van der Waals surface area contributed by atoms with Crippen molar-refractivity contribution in [1.82, 2.24) is 4.90 Å². The summed E-state index contributed by atoms with van der Waals surface area (Å²) in [5.74, 6) is 1.04. The van der Waals surface area contributed by atoms with E-state index >= 15 is 0 Å². The maximum absolute atomic E-state index is 13.0. The van der Waals surface area contributed by atoms with Crippen molar-refractivity contribution in [2.45, 2.75) is 49.1 Å². The van der Waals surface area contributed by atoms with Crippen LogP contribution in [0.15, 0.2) is 53.4 Å². The molecule has 30 heavy (non-hydrogen) atoms. The number of carbonyl (C=O) groups is 1. The molecule has 2 aromatic carbocycles. The number of aliphatic hydroxyl groups is 1. The van der Waals surface area contributed by atoms with E-state index in [0.717, 1.165) is 55.0 Å². The molecule has 2 aliphatic rings. The van der Waals surface area contributed by atoms with Gasteiger partial charge in [-0.2, -0.15) is 0 Å². The highest BCUT2D eigenvalue weighted by Crippen LogP contribution is 2.30. The van der Waals surface area contributed by atoms with Gasteiger partial charge in [0.1, 0.15) is 0 Å². The Morgan fingerprint density at radius 1 is 1.03 bits per heavy atom. The van der Waals surface area contributed by atoms with Gasteiger partial charge in [0.15, 0.2) is 5.78 Å². The van der Waals surface area contributed by atoms with Crippen molar-refractivity contribution in [3.8, 4) is 0 Å². The zero-order valence-electron chi connectivity index (χ0n) is 17.3. The van der Waals surface area contributed by atoms with E-state index in [2.05, 4.69) is 23.1 Å². The van der Waals surface area contributed by atoms with Gasteiger partial charge in [0, 0.05) is 34.6 Å². The van der Waals surface area contributed by atoms with Gasteiger partial charge in [-0.25, -0.2) is 0 Å². The molecule has 1 heterocycles. The van der Waals surface area contributed by atoms with E-state index in [0.29, 0.717) is 6.42 Å². The van der Waals surface area contributed by atoms with Crippen LogP contribution in [0.3, 0.4) is 0 Å². The van der Waals surface area contributed by atoms with Gasteiger partial charge in [-0.05, 0) is 62.0 Å². The fraction of sp³-hybridized carbons (Fsp3) is 0.480. The van der Waals surface area contributed by atoms with Gasteiger partial charge in [0.25, 0.3) is 0 Å². The Morgan fingerprint density at radius 2 is 1.70 bits per heavy atom. The molecule has 0 radical (unpaired) electrons. The summed E-state index contributed by atoms with van der Waals surface area (Å²) in [6.07, 6.45) is 3.51. The van der Waals surface area contributed by atoms with E-state index in [-0.39, 0.29) is 30.5 Å². The number of thioether (sulfide) groups is 1. The summed E-state index contributed by atoms with van der Waals surface area (Å²) in [6.45, 7) is 1.43. The molecule has 0 spiro atoms. The number of carbonyl (C=O) groups excluding carboxylic acids is 1. The molecule has 2 aromatic rings. The Labute approximate surface area is 182 Å². The number of rotatable bonds is 7. The third kappa shape index (κ3) is 4.96. The number of alkyl halides is 1. The zero-order valence-corrected chi connectivity index (χ0v) is 18.1. The highest BCUT2D eigenvalue weighted by molar-refractivity contribution is 7.99. The van der Waals surface area contributed by atoms with Gasteiger partial charge in [-0.1, -0.05) is 36.4 Å². The van der Waals surface area contributed by atoms with E-state index in [1.54, 1.807) is 11.8 Å². The average molecular weight is 428 g/mol. The van der Waals surface area contributed by atoms with Crippen LogP contribution in [0, 0.1) is 5.92 Å². The lowest BCUT2D eigenvalue weighted by Gasteiger charge is -2.41. The number of halogens is 1. The molecular formula is C25H30FNO2S. The average Bonchev–Trinajstić information content (AvgIpc) is 2.79. The maximum atomic E-state index is 13.0. The minimum atomic E-state index is -0.338. The van der Waals surface area contributed by atoms with Crippen LogP contribution in [0.5, 0.6) is 0 Å². The topological polar surface area (TPSA) is 40.5 Å². The quantitative estimate of drug-likeness (QED) is 0.399. The zero-order chi connectivity index (χ0) is 20.9. The fourth-order valence-corrected chi connectivity index (χ4v) is 5.56. The molecule has 1 unspecified atom stereocenters. The third-order valence-electron chi connectivity index (χ3n) is 6.48. The highest BCUT2D eigenvalue weighted by Gasteiger charge is 2.35. The Bertz CT molecular complexity index is 848. The number of hydrogen-bond acceptors (Lipinski definition) is 4. The molecule has 2 atom stereocenters. The van der Waals surface area contributed by atoms with Gasteiger partial charge in [-0.3, -0.25) is 14.1 Å². The molecular weight excluding hydrogens is 397 g/mol. The highest BCUT2D eigenvalue weighted by atomic mass is 32.2. The lowest BCUT2D eigenvalue weighted by atomic mass is 9.83. The molecule has 1 N–H and O–H groups in total. The first-order valence-corrected chi connectivity index (χ1v) is 12.0. The smallest absolute Gasteiger partial charge is 0.166 e. The van der Waals surface area contributed by atoms with Gasteiger partial charge >= 0.3 is 0 Å². The molecule has 1 fully saturated rings. The Morgan fingerprint density at radius 3 is 2.37 bits per heavy atom. The number of nitrogens with zero attached hydrogens (tertiary/aromatic N) is 1. The number of aliphatic hydroxyl groups excluding tert-OH is 1. The molecule has 0 amide bonds. The lowest BCUT2D eigenvalue weighted by Crippen LogP contribution is -2.51. The van der Waals surface area contributed by atoms with Gasteiger partial charge < -0.3 is 5.11 Å². The number of fused-ring (bicyclic) bond motifs is 1. The summed E-state index contributed by atoms with van der Waals surface area (Å²) in [5, 5.41) is 10.7. The van der Waals surface area contributed by atoms with Crippen LogP contribution in [-0.4, -0.2) is 53.5 Å². The Hall–Kier alpha value is -1.69. The second-order valence-corrected chi connectivity index (χ2v) is 9.57. The Balaban J connectivity index is 1.31. The number of Topliss-reactive ketones (excluding diaryl/α,β-unsaturated/α-hetero) is 1. The van der Waals surface area contributed by atoms with Crippen molar-refractivity contribution < 1.29 is 14.3 Å². The van der Waals surface area contributed by atoms with E-state index in [1.807, 2.05) is 30.3 Å². The summed E-state index contributed by atoms with van der Waals surface area (Å²) in [6, 6.07) is 16.3. The van der Waals surface area contributed by atoms with Gasteiger partial charge in [-0.15, -0.1) is 11.8 Å². The van der Waals surface area contributed by atoms with Crippen molar-refractivity contribution in [3.63, 3.8) is 0 Å². The maximum Gasteiger partial charge on any atom is 0.166 e. The number of piperidine rings is 1. The SMILES string of the molecule is O=C(c1ccc(SCCCF)cc1)C1CCN(C2Cc3ccccc3C[C@H]2O)CC1. The second kappa shape index (κ2) is 10.1. The minimum Gasteiger partial charge on any atom is -0.391 e. The largest absolute Gasteiger partial charge is 0.391 e. The molecule has 4 rings (SSSR count). The van der Waals surface area contributed by atoms with Crippen molar-refractivity contribution in [1.29, 1.82) is 0 Å². The fourth-order valence-electron chi connectivity index (χ4n) is 4.74. The number of hydrogen-bond donors (Lipinski definition) is 1. The Kier molecular flexibility index (Phi) is 7.24. The summed E-state index contributed by atoms with van der Waals surface area (Å²) < 4.78 is 12.2. The normalized spacial score (nSPS) is 22.6. The summed E-state index contributed by atoms with van der Waals surface area (Å²) in [7, 11) is 0. The molecule has 1 aliphatic heterocycles. The number of ketones is 1. The predicted molar refractivity (Wildman–Crippen MR) is 120 cm³/mol. The first-order valence-electron chi connectivity index (χ1n) is 11.0. The van der Waals surface area contributed by atoms with Crippen molar-refractivity contribution in [2.24, 2.45) is 5.92 Å². The third-order valence-corrected chi connectivity index (χ3v) is 7.57. The van der Waals surface area contributed by atoms with Crippen molar-refractivity contribution in [3.05, 3.63) is 65.2 Å².